The average Bonchev–Trinajstić information content (AvgIpc) is 3.28. The van der Waals surface area contributed by atoms with Crippen molar-refractivity contribution in [3.05, 3.63) is 93.6 Å². The van der Waals surface area contributed by atoms with E-state index in [0.717, 1.165) is 73.4 Å². The Morgan fingerprint density at radius 1 is 0.757 bits per heavy atom. The van der Waals surface area contributed by atoms with Crippen molar-refractivity contribution in [3.63, 3.8) is 0 Å². The molecule has 0 spiro atoms. The van der Waals surface area contributed by atoms with Crippen LogP contribution in [0.4, 0.5) is 0 Å². The molecule has 37 heavy (non-hydrogen) atoms. The Morgan fingerprint density at radius 3 is 2.16 bits per heavy atom. The van der Waals surface area contributed by atoms with E-state index in [4.69, 9.17) is 34.7 Å². The number of halogens is 2. The van der Waals surface area contributed by atoms with Crippen molar-refractivity contribution < 1.29 is 0 Å². The van der Waals surface area contributed by atoms with Gasteiger partial charge in [0.25, 0.3) is 0 Å². The highest BCUT2D eigenvalue weighted by Gasteiger charge is 2.20. The van der Waals surface area contributed by atoms with Crippen LogP contribution in [0.15, 0.2) is 66.9 Å². The van der Waals surface area contributed by atoms with E-state index in [-0.39, 0.29) is 0 Å². The van der Waals surface area contributed by atoms with Crippen molar-refractivity contribution in [1.82, 2.24) is 14.4 Å². The van der Waals surface area contributed by atoms with Crippen LogP contribution in [-0.4, -0.2) is 47.1 Å². The van der Waals surface area contributed by atoms with Gasteiger partial charge in [-0.2, -0.15) is 0 Å². The van der Waals surface area contributed by atoms with Crippen LogP contribution < -0.4 is 11.5 Å². The lowest BCUT2D eigenvalue weighted by Crippen LogP contribution is -2.45. The molecule has 5 rings (SSSR count). The van der Waals surface area contributed by atoms with Crippen molar-refractivity contribution in [2.24, 2.45) is 11.5 Å². The van der Waals surface area contributed by atoms with Crippen LogP contribution in [0.5, 0.6) is 0 Å². The second kappa shape index (κ2) is 12.0. The van der Waals surface area contributed by atoms with Crippen LogP contribution in [0, 0.1) is 0 Å². The van der Waals surface area contributed by atoms with Crippen molar-refractivity contribution in [2.45, 2.75) is 32.6 Å². The number of hydrogen-bond acceptors (Lipinski definition) is 4. The molecular formula is C30H35Cl2N5. The first kappa shape index (κ1) is 26.2. The van der Waals surface area contributed by atoms with Gasteiger partial charge in [0.1, 0.15) is 0 Å². The number of hydrogen-bond donors (Lipinski definition) is 2. The van der Waals surface area contributed by atoms with Gasteiger partial charge in [-0.1, -0.05) is 53.5 Å². The summed E-state index contributed by atoms with van der Waals surface area (Å²) < 4.78 is 2.34. The maximum atomic E-state index is 6.40. The van der Waals surface area contributed by atoms with E-state index in [2.05, 4.69) is 63.0 Å². The third-order valence-electron chi connectivity index (χ3n) is 7.34. The fraction of sp³-hybridized carbons (Fsp3) is 0.333. The van der Waals surface area contributed by atoms with Crippen LogP contribution in [0.3, 0.4) is 0 Å². The summed E-state index contributed by atoms with van der Waals surface area (Å²) >= 11 is 12.8. The van der Waals surface area contributed by atoms with Crippen molar-refractivity contribution in [3.8, 4) is 11.1 Å². The molecule has 5 nitrogen and oxygen atoms in total. The van der Waals surface area contributed by atoms with E-state index >= 15 is 0 Å². The molecule has 0 radical (unpaired) electrons. The quantitative estimate of drug-likeness (QED) is 0.286. The van der Waals surface area contributed by atoms with Crippen molar-refractivity contribution >= 4 is 34.1 Å². The molecule has 2 heterocycles. The fourth-order valence-corrected chi connectivity index (χ4v) is 5.77. The standard InChI is InChI=1S/C30H35Cl2N5/c31-28-6-2-7-29(32)27(28)20-36-14-12-35(13-15-36)19-23-8-9-30-25(17-23)26(21-37(30)11-3-10-33)24-5-1-4-22(16-24)18-34/h1-2,4-9,16-17,21H,3,10-15,18-20,33-34H2. The normalized spacial score (nSPS) is 15.0. The number of nitrogens with two attached hydrogens (primary N) is 2. The van der Waals surface area contributed by atoms with Crippen LogP contribution >= 0.6 is 23.2 Å². The molecule has 1 aromatic heterocycles. The maximum absolute atomic E-state index is 6.40. The third kappa shape index (κ3) is 6.04. The fourth-order valence-electron chi connectivity index (χ4n) is 5.26. The van der Waals surface area contributed by atoms with E-state index in [0.29, 0.717) is 13.1 Å². The minimum atomic E-state index is 0.541. The second-order valence-electron chi connectivity index (χ2n) is 9.89. The van der Waals surface area contributed by atoms with Gasteiger partial charge in [-0.3, -0.25) is 9.80 Å². The molecule has 194 valence electrons. The highest BCUT2D eigenvalue weighted by Crippen LogP contribution is 2.33. The van der Waals surface area contributed by atoms with E-state index < -0.39 is 0 Å². The van der Waals surface area contributed by atoms with Gasteiger partial charge in [-0.15, -0.1) is 0 Å². The summed E-state index contributed by atoms with van der Waals surface area (Å²) in [4.78, 5) is 4.97. The molecule has 0 amide bonds. The number of nitrogens with zero attached hydrogens (tertiary/aromatic N) is 3. The molecule has 1 fully saturated rings. The first-order chi connectivity index (χ1) is 18.1. The molecule has 1 aliphatic rings. The van der Waals surface area contributed by atoms with Gasteiger partial charge >= 0.3 is 0 Å². The molecule has 0 atom stereocenters. The van der Waals surface area contributed by atoms with Gasteiger partial charge in [0.15, 0.2) is 0 Å². The van der Waals surface area contributed by atoms with Crippen LogP contribution in [0.2, 0.25) is 10.0 Å². The number of benzene rings is 3. The van der Waals surface area contributed by atoms with Gasteiger partial charge in [0.05, 0.1) is 0 Å². The van der Waals surface area contributed by atoms with Crippen LogP contribution in [-0.2, 0) is 26.2 Å². The maximum Gasteiger partial charge on any atom is 0.0486 e. The Hall–Kier alpha value is -2.38. The second-order valence-corrected chi connectivity index (χ2v) is 10.7. The highest BCUT2D eigenvalue weighted by atomic mass is 35.5. The van der Waals surface area contributed by atoms with Crippen molar-refractivity contribution in [1.29, 1.82) is 0 Å². The largest absolute Gasteiger partial charge is 0.347 e. The van der Waals surface area contributed by atoms with Crippen LogP contribution in [0.1, 0.15) is 23.1 Å². The summed E-state index contributed by atoms with van der Waals surface area (Å²) in [5, 5.41) is 2.78. The first-order valence-electron chi connectivity index (χ1n) is 13.0. The van der Waals surface area contributed by atoms with Gasteiger partial charge in [0, 0.05) is 90.6 Å². The summed E-state index contributed by atoms with van der Waals surface area (Å²) in [6.07, 6.45) is 3.23. The number of aryl methyl sites for hydroxylation is 1. The Balaban J connectivity index is 1.32. The molecule has 0 saturated carbocycles. The molecule has 0 bridgehead atoms. The Morgan fingerprint density at radius 2 is 1.46 bits per heavy atom. The SMILES string of the molecule is NCCCn1cc(-c2cccc(CN)c2)c2cc(CN3CCN(Cc4c(Cl)cccc4Cl)CC3)ccc21. The number of piperazine rings is 1. The van der Waals surface area contributed by atoms with Gasteiger partial charge in [-0.25, -0.2) is 0 Å². The molecule has 0 unspecified atom stereocenters. The highest BCUT2D eigenvalue weighted by molar-refractivity contribution is 6.35. The van der Waals surface area contributed by atoms with Crippen molar-refractivity contribution in [2.75, 3.05) is 32.7 Å². The lowest BCUT2D eigenvalue weighted by molar-refractivity contribution is 0.122. The van der Waals surface area contributed by atoms with E-state index in [9.17, 15) is 0 Å². The molecule has 1 saturated heterocycles. The van der Waals surface area contributed by atoms with Gasteiger partial charge < -0.3 is 16.0 Å². The Bertz CT molecular complexity index is 1340. The summed E-state index contributed by atoms with van der Waals surface area (Å²) in [5.41, 5.74) is 19.0. The Labute approximate surface area is 229 Å². The molecule has 0 aliphatic carbocycles. The van der Waals surface area contributed by atoms with E-state index in [1.54, 1.807) is 0 Å². The predicted molar refractivity (Wildman–Crippen MR) is 156 cm³/mol. The monoisotopic (exact) mass is 535 g/mol. The average molecular weight is 537 g/mol. The lowest BCUT2D eigenvalue weighted by atomic mass is 10.0. The third-order valence-corrected chi connectivity index (χ3v) is 8.05. The smallest absolute Gasteiger partial charge is 0.0486 e. The minimum absolute atomic E-state index is 0.541. The number of fused-ring (bicyclic) bond motifs is 1. The Kier molecular flexibility index (Phi) is 8.50. The summed E-state index contributed by atoms with van der Waals surface area (Å²) in [7, 11) is 0. The molecule has 1 aliphatic heterocycles. The summed E-state index contributed by atoms with van der Waals surface area (Å²) in [6, 6.07) is 21.2. The van der Waals surface area contributed by atoms with E-state index in [1.807, 2.05) is 18.2 Å². The van der Waals surface area contributed by atoms with E-state index in [1.165, 1.54) is 27.6 Å². The first-order valence-corrected chi connectivity index (χ1v) is 13.8. The molecule has 4 aromatic rings. The zero-order valence-corrected chi connectivity index (χ0v) is 22.7. The number of aromatic nitrogens is 1. The predicted octanol–water partition coefficient (Wildman–Crippen LogP) is 5.74. The summed E-state index contributed by atoms with van der Waals surface area (Å²) in [5.74, 6) is 0. The van der Waals surface area contributed by atoms with Gasteiger partial charge in [-0.05, 0) is 60.0 Å². The summed E-state index contributed by atoms with van der Waals surface area (Å²) in [6.45, 7) is 7.90. The molecular weight excluding hydrogens is 501 g/mol. The zero-order chi connectivity index (χ0) is 25.8. The zero-order valence-electron chi connectivity index (χ0n) is 21.2. The minimum Gasteiger partial charge on any atom is -0.347 e. The topological polar surface area (TPSA) is 63.5 Å². The number of rotatable bonds is 9. The molecule has 4 N–H and O–H groups in total. The molecule has 3 aromatic carbocycles. The molecule has 7 heteroatoms. The lowest BCUT2D eigenvalue weighted by Gasteiger charge is -2.35. The van der Waals surface area contributed by atoms with Gasteiger partial charge in [0.2, 0.25) is 0 Å². The van der Waals surface area contributed by atoms with Crippen LogP contribution in [0.25, 0.3) is 22.0 Å².